The summed E-state index contributed by atoms with van der Waals surface area (Å²) in [6.07, 6.45) is 1.61. The molecule has 136 valence electrons. The van der Waals surface area contributed by atoms with E-state index in [1.807, 2.05) is 0 Å². The van der Waals surface area contributed by atoms with E-state index in [9.17, 15) is 13.6 Å². The van der Waals surface area contributed by atoms with E-state index >= 15 is 0 Å². The zero-order valence-electron chi connectivity index (χ0n) is 13.5. The first-order chi connectivity index (χ1) is 13.0. The first-order valence-corrected chi connectivity index (χ1v) is 9.35. The van der Waals surface area contributed by atoms with Crippen LogP contribution in [0.1, 0.15) is 16.2 Å². The molecule has 3 heterocycles. The van der Waals surface area contributed by atoms with Crippen molar-refractivity contribution >= 4 is 48.5 Å². The van der Waals surface area contributed by atoms with Crippen LogP contribution in [0.2, 0.25) is 0 Å². The van der Waals surface area contributed by atoms with Crippen molar-refractivity contribution in [2.45, 2.75) is 6.54 Å². The van der Waals surface area contributed by atoms with Crippen molar-refractivity contribution in [3.8, 4) is 0 Å². The van der Waals surface area contributed by atoms with Crippen LogP contribution in [-0.2, 0) is 6.54 Å². The summed E-state index contributed by atoms with van der Waals surface area (Å²) in [4.78, 5) is 22.7. The van der Waals surface area contributed by atoms with Crippen molar-refractivity contribution in [2.24, 2.45) is 0 Å². The number of furan rings is 1. The standard InChI is InChI=1S/C18H10BrF2N3O2S/c19-15-5-4-13(26-15)17(25)24(9-11-3-1-2-6-22-11)18-23-16-12(21)7-10(20)8-14(16)27-18/h1-8H,9H2. The maximum atomic E-state index is 14.0. The summed E-state index contributed by atoms with van der Waals surface area (Å²) >= 11 is 4.18. The maximum Gasteiger partial charge on any atom is 0.296 e. The van der Waals surface area contributed by atoms with E-state index in [2.05, 4.69) is 25.9 Å². The molecule has 4 rings (SSSR count). The van der Waals surface area contributed by atoms with Gasteiger partial charge in [-0.05, 0) is 46.3 Å². The lowest BCUT2D eigenvalue weighted by Crippen LogP contribution is -2.30. The van der Waals surface area contributed by atoms with Gasteiger partial charge in [0.15, 0.2) is 21.4 Å². The summed E-state index contributed by atoms with van der Waals surface area (Å²) < 4.78 is 33.6. The molecule has 0 radical (unpaired) electrons. The number of carbonyl (C=O) groups is 1. The number of aromatic nitrogens is 2. The van der Waals surface area contributed by atoms with Crippen LogP contribution in [0.4, 0.5) is 13.9 Å². The number of benzene rings is 1. The zero-order chi connectivity index (χ0) is 19.0. The Kier molecular flexibility index (Phi) is 4.71. The summed E-state index contributed by atoms with van der Waals surface area (Å²) in [5.74, 6) is -1.86. The van der Waals surface area contributed by atoms with Crippen LogP contribution in [-0.4, -0.2) is 15.9 Å². The van der Waals surface area contributed by atoms with Crippen LogP contribution in [0, 0.1) is 11.6 Å². The minimum atomic E-state index is -0.779. The second kappa shape index (κ2) is 7.16. The Labute approximate surface area is 164 Å². The first kappa shape index (κ1) is 17.7. The Hall–Kier alpha value is -2.65. The van der Waals surface area contributed by atoms with Crippen molar-refractivity contribution in [1.82, 2.24) is 9.97 Å². The van der Waals surface area contributed by atoms with Gasteiger partial charge in [-0.3, -0.25) is 14.7 Å². The molecule has 0 aliphatic rings. The van der Waals surface area contributed by atoms with Crippen molar-refractivity contribution < 1.29 is 18.0 Å². The molecule has 0 aliphatic carbocycles. The fraction of sp³-hybridized carbons (Fsp3) is 0.0556. The lowest BCUT2D eigenvalue weighted by molar-refractivity contribution is 0.0957. The summed E-state index contributed by atoms with van der Waals surface area (Å²) in [7, 11) is 0. The monoisotopic (exact) mass is 449 g/mol. The highest BCUT2D eigenvalue weighted by Gasteiger charge is 2.25. The Balaban J connectivity index is 1.79. The van der Waals surface area contributed by atoms with Crippen molar-refractivity contribution in [2.75, 3.05) is 4.90 Å². The van der Waals surface area contributed by atoms with E-state index < -0.39 is 17.5 Å². The predicted molar refractivity (Wildman–Crippen MR) is 101 cm³/mol. The summed E-state index contributed by atoms with van der Waals surface area (Å²) in [6, 6.07) is 10.4. The second-order valence-corrected chi connectivity index (χ2v) is 7.34. The van der Waals surface area contributed by atoms with Crippen molar-refractivity contribution in [3.63, 3.8) is 0 Å². The maximum absolute atomic E-state index is 14.0. The molecule has 3 aromatic heterocycles. The molecule has 0 fully saturated rings. The molecule has 1 amide bonds. The van der Waals surface area contributed by atoms with Crippen LogP contribution in [0.25, 0.3) is 10.2 Å². The highest BCUT2D eigenvalue weighted by Crippen LogP contribution is 2.33. The number of pyridine rings is 1. The van der Waals surface area contributed by atoms with Crippen LogP contribution in [0.3, 0.4) is 0 Å². The van der Waals surface area contributed by atoms with Gasteiger partial charge in [0.05, 0.1) is 16.9 Å². The molecular weight excluding hydrogens is 440 g/mol. The molecule has 27 heavy (non-hydrogen) atoms. The van der Waals surface area contributed by atoms with Crippen LogP contribution < -0.4 is 4.90 Å². The molecule has 0 aliphatic heterocycles. The smallest absolute Gasteiger partial charge is 0.296 e. The second-order valence-electron chi connectivity index (χ2n) is 5.55. The molecule has 0 atom stereocenters. The third-order valence-corrected chi connectivity index (χ3v) is 5.16. The molecule has 5 nitrogen and oxygen atoms in total. The van der Waals surface area contributed by atoms with E-state index in [-0.39, 0.29) is 23.0 Å². The topological polar surface area (TPSA) is 59.2 Å². The molecular formula is C18H10BrF2N3O2S. The Bertz CT molecular complexity index is 1130. The quantitative estimate of drug-likeness (QED) is 0.431. The summed E-state index contributed by atoms with van der Waals surface area (Å²) in [6.45, 7) is 0.0991. The van der Waals surface area contributed by atoms with Gasteiger partial charge in [-0.25, -0.2) is 13.8 Å². The molecule has 0 saturated heterocycles. The lowest BCUT2D eigenvalue weighted by atomic mass is 10.3. The van der Waals surface area contributed by atoms with E-state index in [1.165, 1.54) is 17.0 Å². The minimum Gasteiger partial charge on any atom is -0.444 e. The van der Waals surface area contributed by atoms with Crippen LogP contribution in [0.5, 0.6) is 0 Å². The van der Waals surface area contributed by atoms with E-state index in [1.54, 1.807) is 30.5 Å². The van der Waals surface area contributed by atoms with Crippen molar-refractivity contribution in [3.05, 3.63) is 76.4 Å². The molecule has 0 bridgehead atoms. The number of halogens is 3. The summed E-state index contributed by atoms with van der Waals surface area (Å²) in [5.41, 5.74) is 0.623. The Morgan fingerprint density at radius 2 is 2.07 bits per heavy atom. The number of anilines is 1. The third-order valence-electron chi connectivity index (χ3n) is 3.71. The molecule has 1 aromatic carbocycles. The number of fused-ring (bicyclic) bond motifs is 1. The van der Waals surface area contributed by atoms with Crippen LogP contribution >= 0.6 is 27.3 Å². The van der Waals surface area contributed by atoms with Crippen LogP contribution in [0.15, 0.2) is 57.7 Å². The predicted octanol–water partition coefficient (Wildman–Crippen LogP) is 5.17. The largest absolute Gasteiger partial charge is 0.444 e. The van der Waals surface area contributed by atoms with Gasteiger partial charge in [-0.15, -0.1) is 0 Å². The molecule has 0 N–H and O–H groups in total. The van der Waals surface area contributed by atoms with E-state index in [0.29, 0.717) is 15.1 Å². The fourth-order valence-corrected chi connectivity index (χ4v) is 3.81. The van der Waals surface area contributed by atoms with E-state index in [0.717, 1.165) is 17.4 Å². The van der Waals surface area contributed by atoms with Gasteiger partial charge in [-0.2, -0.15) is 0 Å². The number of hydrogen-bond donors (Lipinski definition) is 0. The van der Waals surface area contributed by atoms with Gasteiger partial charge in [0.1, 0.15) is 11.3 Å². The van der Waals surface area contributed by atoms with Gasteiger partial charge in [0.2, 0.25) is 0 Å². The fourth-order valence-electron chi connectivity index (χ4n) is 2.50. The molecule has 0 unspecified atom stereocenters. The SMILES string of the molecule is O=C(c1ccc(Br)o1)N(Cc1ccccn1)c1nc2c(F)cc(F)cc2s1. The third kappa shape index (κ3) is 3.60. The van der Waals surface area contributed by atoms with Gasteiger partial charge in [0.25, 0.3) is 5.91 Å². The summed E-state index contributed by atoms with van der Waals surface area (Å²) in [5, 5.41) is 0.220. The molecule has 0 saturated carbocycles. The van der Waals surface area contributed by atoms with Gasteiger partial charge in [-0.1, -0.05) is 17.4 Å². The van der Waals surface area contributed by atoms with Gasteiger partial charge < -0.3 is 4.42 Å². The number of carbonyl (C=O) groups excluding carboxylic acids is 1. The zero-order valence-corrected chi connectivity index (χ0v) is 15.9. The van der Waals surface area contributed by atoms with E-state index in [4.69, 9.17) is 4.42 Å². The Morgan fingerprint density at radius 1 is 1.22 bits per heavy atom. The number of hydrogen-bond acceptors (Lipinski definition) is 5. The molecule has 9 heteroatoms. The number of nitrogens with zero attached hydrogens (tertiary/aromatic N) is 3. The average Bonchev–Trinajstić information content (AvgIpc) is 3.26. The highest BCUT2D eigenvalue weighted by atomic mass is 79.9. The molecule has 4 aromatic rings. The van der Waals surface area contributed by atoms with Gasteiger partial charge in [0, 0.05) is 12.3 Å². The molecule has 0 spiro atoms. The number of rotatable bonds is 4. The Morgan fingerprint density at radius 3 is 2.78 bits per heavy atom. The first-order valence-electron chi connectivity index (χ1n) is 7.74. The number of thiazole rings is 1. The minimum absolute atomic E-state index is 0.0100. The van der Waals surface area contributed by atoms with Gasteiger partial charge >= 0.3 is 0 Å². The highest BCUT2D eigenvalue weighted by molar-refractivity contribution is 9.10. The lowest BCUT2D eigenvalue weighted by Gasteiger charge is -2.18. The normalized spacial score (nSPS) is 11.1. The number of amides is 1. The van der Waals surface area contributed by atoms with Crippen molar-refractivity contribution in [1.29, 1.82) is 0 Å². The average molecular weight is 450 g/mol.